The van der Waals surface area contributed by atoms with Gasteiger partial charge in [-0.3, -0.25) is 9.89 Å². The minimum absolute atomic E-state index is 0.138. The molecule has 8 heteroatoms. The van der Waals surface area contributed by atoms with Crippen LogP contribution in [-0.4, -0.2) is 34.3 Å². The first-order chi connectivity index (χ1) is 10.1. The third kappa shape index (κ3) is 2.70. The van der Waals surface area contributed by atoms with Gasteiger partial charge in [-0.1, -0.05) is 0 Å². The highest BCUT2D eigenvalue weighted by Gasteiger charge is 2.11. The molecule has 1 aliphatic heterocycles. The molecule has 1 N–H and O–H groups in total. The Morgan fingerprint density at radius 1 is 1.38 bits per heavy atom. The summed E-state index contributed by atoms with van der Waals surface area (Å²) in [4.78, 5) is 11.9. The molecule has 0 bridgehead atoms. The van der Waals surface area contributed by atoms with Gasteiger partial charge in [-0.05, 0) is 42.9 Å². The smallest absolute Gasteiger partial charge is 0.296 e. The Morgan fingerprint density at radius 3 is 2.95 bits per heavy atom. The van der Waals surface area contributed by atoms with Crippen molar-refractivity contribution in [1.82, 2.24) is 14.9 Å². The first-order valence-corrected chi connectivity index (χ1v) is 6.68. The molecule has 2 heterocycles. The number of fused-ring (bicyclic) bond motifs is 1. The van der Waals surface area contributed by atoms with Crippen LogP contribution in [0.4, 0.5) is 0 Å². The van der Waals surface area contributed by atoms with E-state index in [1.807, 2.05) is 6.07 Å². The molecule has 1 aliphatic rings. The minimum atomic E-state index is -0.354. The fourth-order valence-corrected chi connectivity index (χ4v) is 2.02. The van der Waals surface area contributed by atoms with Crippen molar-refractivity contribution in [3.63, 3.8) is 0 Å². The third-order valence-electron chi connectivity index (χ3n) is 2.90. The molecule has 0 aliphatic carbocycles. The number of benzene rings is 1. The number of ether oxygens (including phenoxy) is 2. The van der Waals surface area contributed by atoms with E-state index in [1.54, 1.807) is 19.1 Å². The molecule has 0 saturated heterocycles. The van der Waals surface area contributed by atoms with Crippen LogP contribution >= 0.6 is 12.2 Å². The van der Waals surface area contributed by atoms with Crippen LogP contribution in [0.2, 0.25) is 0 Å². The van der Waals surface area contributed by atoms with E-state index in [0.29, 0.717) is 30.4 Å². The number of nitrogens with one attached hydrogen (secondary N) is 1. The summed E-state index contributed by atoms with van der Waals surface area (Å²) < 4.78 is 12.2. The second-order valence-electron chi connectivity index (χ2n) is 4.38. The topological polar surface area (TPSA) is 81.5 Å². The van der Waals surface area contributed by atoms with Crippen molar-refractivity contribution in [1.29, 1.82) is 0 Å². The van der Waals surface area contributed by atoms with Gasteiger partial charge in [0.25, 0.3) is 5.56 Å². The molecule has 1 aromatic heterocycles. The van der Waals surface area contributed by atoms with Crippen LogP contribution in [0.5, 0.6) is 11.5 Å². The van der Waals surface area contributed by atoms with Gasteiger partial charge in [0.2, 0.25) is 4.77 Å². The van der Waals surface area contributed by atoms with E-state index in [0.717, 1.165) is 10.2 Å². The molecule has 0 fully saturated rings. The number of aromatic amines is 1. The SMILES string of the molecule is Cc1n[nH]c(=S)n(/N=C\c2ccc3c(c2)OCCO3)c1=O. The van der Waals surface area contributed by atoms with Crippen LogP contribution < -0.4 is 15.0 Å². The van der Waals surface area contributed by atoms with Crippen molar-refractivity contribution in [2.45, 2.75) is 6.92 Å². The van der Waals surface area contributed by atoms with Crippen molar-refractivity contribution in [2.75, 3.05) is 13.2 Å². The van der Waals surface area contributed by atoms with E-state index in [2.05, 4.69) is 15.3 Å². The fourth-order valence-electron chi connectivity index (χ4n) is 1.84. The highest BCUT2D eigenvalue weighted by atomic mass is 32.1. The second kappa shape index (κ2) is 5.49. The number of rotatable bonds is 2. The minimum Gasteiger partial charge on any atom is -0.486 e. The molecule has 0 unspecified atom stereocenters. The molecule has 0 spiro atoms. The zero-order chi connectivity index (χ0) is 14.8. The highest BCUT2D eigenvalue weighted by molar-refractivity contribution is 7.71. The summed E-state index contributed by atoms with van der Waals surface area (Å²) >= 11 is 5.00. The van der Waals surface area contributed by atoms with Gasteiger partial charge in [0.15, 0.2) is 11.5 Å². The van der Waals surface area contributed by atoms with Crippen molar-refractivity contribution in [2.24, 2.45) is 5.10 Å². The molecule has 0 saturated carbocycles. The molecule has 108 valence electrons. The van der Waals surface area contributed by atoms with Crippen molar-refractivity contribution in [3.05, 3.63) is 44.6 Å². The lowest BCUT2D eigenvalue weighted by atomic mass is 10.2. The van der Waals surface area contributed by atoms with Gasteiger partial charge < -0.3 is 9.47 Å². The van der Waals surface area contributed by atoms with Gasteiger partial charge >= 0.3 is 0 Å². The first-order valence-electron chi connectivity index (χ1n) is 6.27. The number of hydrogen-bond donors (Lipinski definition) is 1. The van der Waals surface area contributed by atoms with E-state index in [4.69, 9.17) is 21.7 Å². The lowest BCUT2D eigenvalue weighted by molar-refractivity contribution is 0.171. The van der Waals surface area contributed by atoms with Gasteiger partial charge in [-0.15, -0.1) is 0 Å². The van der Waals surface area contributed by atoms with Crippen LogP contribution in [0.15, 0.2) is 28.1 Å². The largest absolute Gasteiger partial charge is 0.486 e. The summed E-state index contributed by atoms with van der Waals surface area (Å²) in [6.45, 7) is 2.65. The molecule has 7 nitrogen and oxygen atoms in total. The number of aromatic nitrogens is 3. The maximum absolute atomic E-state index is 11.9. The lowest BCUT2D eigenvalue weighted by Gasteiger charge is -2.18. The van der Waals surface area contributed by atoms with Gasteiger partial charge in [-0.25, -0.2) is 0 Å². The lowest BCUT2D eigenvalue weighted by Crippen LogP contribution is -2.22. The van der Waals surface area contributed by atoms with E-state index in [9.17, 15) is 4.79 Å². The zero-order valence-corrected chi connectivity index (χ0v) is 12.0. The first kappa shape index (κ1) is 13.5. The molecule has 3 rings (SSSR count). The van der Waals surface area contributed by atoms with E-state index in [1.165, 1.54) is 6.21 Å². The van der Waals surface area contributed by atoms with Gasteiger partial charge in [0.05, 0.1) is 6.21 Å². The predicted octanol–water partition coefficient (Wildman–Crippen LogP) is 1.26. The Balaban J connectivity index is 1.95. The molecule has 1 aromatic carbocycles. The van der Waals surface area contributed by atoms with Crippen LogP contribution in [-0.2, 0) is 0 Å². The van der Waals surface area contributed by atoms with Crippen LogP contribution in [0.25, 0.3) is 0 Å². The number of hydrogen-bond acceptors (Lipinski definition) is 6. The van der Waals surface area contributed by atoms with E-state index in [-0.39, 0.29) is 10.3 Å². The van der Waals surface area contributed by atoms with Gasteiger partial charge in [0.1, 0.15) is 18.9 Å². The zero-order valence-electron chi connectivity index (χ0n) is 11.2. The molecular weight excluding hydrogens is 292 g/mol. The molecule has 0 atom stereocenters. The normalized spacial score (nSPS) is 13.6. The summed E-state index contributed by atoms with van der Waals surface area (Å²) in [5, 5.41) is 10.4. The average molecular weight is 304 g/mol. The summed E-state index contributed by atoms with van der Waals surface area (Å²) in [5.74, 6) is 1.36. The highest BCUT2D eigenvalue weighted by Crippen LogP contribution is 2.30. The molecular formula is C13H12N4O3S. The molecule has 0 radical (unpaired) electrons. The standard InChI is InChI=1S/C13H12N4O3S/c1-8-12(18)17(13(21)16-15-8)14-7-9-2-3-10-11(6-9)20-5-4-19-10/h2-3,6-7H,4-5H2,1H3,(H,16,21)/b14-7-. The van der Waals surface area contributed by atoms with Crippen LogP contribution in [0.1, 0.15) is 11.3 Å². The third-order valence-corrected chi connectivity index (χ3v) is 3.17. The van der Waals surface area contributed by atoms with Crippen molar-refractivity contribution < 1.29 is 9.47 Å². The second-order valence-corrected chi connectivity index (χ2v) is 4.77. The Kier molecular flexibility index (Phi) is 3.53. The summed E-state index contributed by atoms with van der Waals surface area (Å²) in [6.07, 6.45) is 1.53. The Morgan fingerprint density at radius 2 is 2.14 bits per heavy atom. The fraction of sp³-hybridized carbons (Fsp3) is 0.231. The Labute approximate surface area is 124 Å². The van der Waals surface area contributed by atoms with Gasteiger partial charge in [-0.2, -0.15) is 14.9 Å². The predicted molar refractivity (Wildman–Crippen MR) is 78.8 cm³/mol. The maximum atomic E-state index is 11.9. The summed E-state index contributed by atoms with van der Waals surface area (Å²) in [7, 11) is 0. The average Bonchev–Trinajstić information content (AvgIpc) is 2.51. The monoisotopic (exact) mass is 304 g/mol. The number of nitrogens with zero attached hydrogens (tertiary/aromatic N) is 3. The molecule has 21 heavy (non-hydrogen) atoms. The van der Waals surface area contributed by atoms with Crippen molar-refractivity contribution >= 4 is 18.4 Å². The quantitative estimate of drug-likeness (QED) is 0.667. The van der Waals surface area contributed by atoms with Crippen molar-refractivity contribution in [3.8, 4) is 11.5 Å². The molecule has 0 amide bonds. The number of aryl methyl sites for hydroxylation is 1. The van der Waals surface area contributed by atoms with Crippen LogP contribution in [0, 0.1) is 11.7 Å². The van der Waals surface area contributed by atoms with E-state index >= 15 is 0 Å². The Hall–Kier alpha value is -2.48. The summed E-state index contributed by atoms with van der Waals surface area (Å²) in [6, 6.07) is 5.42. The maximum Gasteiger partial charge on any atom is 0.296 e. The van der Waals surface area contributed by atoms with Crippen LogP contribution in [0.3, 0.4) is 0 Å². The van der Waals surface area contributed by atoms with Gasteiger partial charge in [0, 0.05) is 0 Å². The summed E-state index contributed by atoms with van der Waals surface area (Å²) in [5.41, 5.74) is 0.713. The number of H-pyrrole nitrogens is 1. The molecule has 2 aromatic rings. The Bertz CT molecular complexity index is 825. The van der Waals surface area contributed by atoms with E-state index < -0.39 is 0 Å².